The number of thiophene rings is 1. The molecule has 3 aliphatic heterocycles. The van der Waals surface area contributed by atoms with Gasteiger partial charge >= 0.3 is 18.0 Å². The van der Waals surface area contributed by atoms with Crippen molar-refractivity contribution in [3.8, 4) is 16.2 Å². The molecular formula is C47H52ClF2N7O9S2. The van der Waals surface area contributed by atoms with Gasteiger partial charge in [0.25, 0.3) is 5.92 Å². The van der Waals surface area contributed by atoms with Gasteiger partial charge in [-0.2, -0.15) is 0 Å². The summed E-state index contributed by atoms with van der Waals surface area (Å²) in [5.41, 5.74) is 3.73. The van der Waals surface area contributed by atoms with Gasteiger partial charge in [-0.25, -0.2) is 27.5 Å². The minimum absolute atomic E-state index is 0.0340. The molecule has 5 amide bonds. The number of likely N-dealkylation sites (tertiary alicyclic amines) is 1. The van der Waals surface area contributed by atoms with E-state index in [0.29, 0.717) is 45.2 Å². The van der Waals surface area contributed by atoms with Crippen molar-refractivity contribution >= 4 is 93.8 Å². The number of hydrogen-bond donors (Lipinski definition) is 5. The van der Waals surface area contributed by atoms with E-state index in [1.54, 1.807) is 48.2 Å². The highest BCUT2D eigenvalue weighted by atomic mass is 35.5. The highest BCUT2D eigenvalue weighted by molar-refractivity contribution is 7.96. The van der Waals surface area contributed by atoms with Crippen molar-refractivity contribution in [2.24, 2.45) is 0 Å². The van der Waals surface area contributed by atoms with Crippen LogP contribution in [0.25, 0.3) is 10.4 Å². The van der Waals surface area contributed by atoms with Gasteiger partial charge in [-0.3, -0.25) is 19.7 Å². The first-order valence-corrected chi connectivity index (χ1v) is 24.0. The van der Waals surface area contributed by atoms with E-state index < -0.39 is 54.9 Å². The fourth-order valence-corrected chi connectivity index (χ4v) is 11.5. The Morgan fingerprint density at radius 3 is 2.44 bits per heavy atom. The summed E-state index contributed by atoms with van der Waals surface area (Å²) in [7, 11) is 3.15. The Morgan fingerprint density at radius 2 is 1.75 bits per heavy atom. The third-order valence-corrected chi connectivity index (χ3v) is 15.5. The van der Waals surface area contributed by atoms with Gasteiger partial charge in [0.1, 0.15) is 11.1 Å². The summed E-state index contributed by atoms with van der Waals surface area (Å²) >= 11 is 9.11. The number of aliphatic carboxylic acids is 1. The van der Waals surface area contributed by atoms with E-state index in [1.165, 1.54) is 18.0 Å². The van der Waals surface area contributed by atoms with Crippen LogP contribution in [0.4, 0.5) is 36.3 Å². The topological polar surface area (TPSA) is 201 Å². The Labute approximate surface area is 405 Å². The molecule has 3 atom stereocenters. The molecule has 0 spiro atoms. The number of halogens is 3. The van der Waals surface area contributed by atoms with Crippen LogP contribution >= 0.6 is 34.9 Å². The number of alkyl halides is 2. The normalized spacial score (nSPS) is 20.2. The van der Waals surface area contributed by atoms with E-state index in [0.717, 1.165) is 46.9 Å². The summed E-state index contributed by atoms with van der Waals surface area (Å²) in [5.74, 6) is -7.50. The first-order chi connectivity index (χ1) is 32.2. The number of imide groups is 1. The molecule has 68 heavy (non-hydrogen) atoms. The molecule has 1 aromatic heterocycles. The lowest BCUT2D eigenvalue weighted by atomic mass is 9.85. The van der Waals surface area contributed by atoms with Crippen LogP contribution in [0.2, 0.25) is 5.02 Å². The van der Waals surface area contributed by atoms with Crippen molar-refractivity contribution in [2.45, 2.75) is 81.2 Å². The van der Waals surface area contributed by atoms with Crippen molar-refractivity contribution in [1.29, 1.82) is 0 Å². The maximum atomic E-state index is 16.0. The van der Waals surface area contributed by atoms with Crippen LogP contribution in [0.15, 0.2) is 66.7 Å². The van der Waals surface area contributed by atoms with Crippen molar-refractivity contribution in [1.82, 2.24) is 14.5 Å². The molecule has 362 valence electrons. The molecule has 0 saturated carbocycles. The summed E-state index contributed by atoms with van der Waals surface area (Å²) in [4.78, 5) is 77.0. The number of urea groups is 1. The van der Waals surface area contributed by atoms with Crippen molar-refractivity contribution < 1.29 is 52.5 Å². The first-order valence-electron chi connectivity index (χ1n) is 21.8. The number of aromatic carboxylic acids is 1. The second-order valence-electron chi connectivity index (χ2n) is 17.7. The highest BCUT2D eigenvalue weighted by Crippen LogP contribution is 2.47. The van der Waals surface area contributed by atoms with E-state index in [2.05, 4.69) is 34.1 Å². The number of benzene rings is 3. The van der Waals surface area contributed by atoms with Gasteiger partial charge in [0.2, 0.25) is 18.2 Å². The number of rotatable bonds is 16. The van der Waals surface area contributed by atoms with Crippen LogP contribution < -0.4 is 30.5 Å². The van der Waals surface area contributed by atoms with Crippen LogP contribution in [0, 0.1) is 0 Å². The molecule has 16 nitrogen and oxygen atoms in total. The largest absolute Gasteiger partial charge is 0.479 e. The number of likely N-dealkylation sites (N-methyl/N-ethyl adjacent to an activating group) is 1. The van der Waals surface area contributed by atoms with Crippen molar-refractivity contribution in [2.75, 3.05) is 60.8 Å². The number of hydrogen-bond acceptors (Lipinski definition) is 12. The smallest absolute Gasteiger partial charge is 0.349 e. The fraction of sp³-hybridized carbons (Fsp3) is 0.404. The molecule has 4 aromatic rings. The molecule has 0 aliphatic carbocycles. The molecule has 5 N–H and O–H groups in total. The molecule has 7 rings (SSSR count). The standard InChI is InChI=1S/C47H52ClF2N7O9S2/c1-46(2)22-32(51-31-10-6-8-29(20-31)41-39(48)40(66-23-38(60)61)42(68-41)44(63)64)15-18-57(46)67-24-27-7-5-9-30(19-27)52-45(65)56-17-16-33(47(49,50)25-56)28-11-12-34(36(21-28)54(3)26-58)55(4)35-13-14-37(59)53-43(35)62/h5-12,19-21,26,32-33,35,51H,13-18,22-25H2,1-4H3,(H,52,65)(H,60,61)(H,63,64)(H,53,59,62). The maximum Gasteiger partial charge on any atom is 0.349 e. The second-order valence-corrected chi connectivity index (χ2v) is 20.1. The molecule has 3 unspecified atom stereocenters. The number of carbonyl (C=O) groups is 6. The van der Waals surface area contributed by atoms with E-state index in [9.17, 15) is 33.9 Å². The number of amides is 5. The van der Waals surface area contributed by atoms with Crippen LogP contribution in [0.3, 0.4) is 0 Å². The minimum atomic E-state index is -3.31. The summed E-state index contributed by atoms with van der Waals surface area (Å²) in [6, 6.07) is 18.2. The Bertz CT molecular complexity index is 2600. The second kappa shape index (κ2) is 20.7. The Kier molecular flexibility index (Phi) is 15.2. The summed E-state index contributed by atoms with van der Waals surface area (Å²) in [6.45, 7) is 3.61. The number of anilines is 4. The SMILES string of the molecule is CN(C=O)c1cc(C2CCN(C(=O)Nc3cccc(CSN4CCC(Nc5cccc(-c6sc(C(=O)O)c(OCC(=O)O)c6Cl)c5)CC4(C)C)c3)CC2(F)F)ccc1N(C)C1CCC(=O)NC1=O. The molecule has 0 bridgehead atoms. The summed E-state index contributed by atoms with van der Waals surface area (Å²) < 4.78 is 39.6. The van der Waals surface area contributed by atoms with Gasteiger partial charge in [-0.05, 0) is 92.6 Å². The molecule has 3 saturated heterocycles. The quantitative estimate of drug-likeness (QED) is 0.0409. The van der Waals surface area contributed by atoms with Gasteiger partial charge < -0.3 is 40.3 Å². The third kappa shape index (κ3) is 11.3. The molecule has 3 aromatic carbocycles. The van der Waals surface area contributed by atoms with Crippen LogP contribution in [0.1, 0.15) is 72.7 Å². The Morgan fingerprint density at radius 1 is 1.00 bits per heavy atom. The van der Waals surface area contributed by atoms with Gasteiger partial charge in [0.15, 0.2) is 17.2 Å². The van der Waals surface area contributed by atoms with Gasteiger partial charge in [-0.1, -0.05) is 53.9 Å². The number of ether oxygens (including phenoxy) is 1. The zero-order valence-electron chi connectivity index (χ0n) is 37.7. The van der Waals surface area contributed by atoms with Gasteiger partial charge in [0.05, 0.1) is 28.7 Å². The average Bonchev–Trinajstić information content (AvgIpc) is 3.62. The number of carbonyl (C=O) groups excluding carboxylic acids is 4. The highest BCUT2D eigenvalue weighted by Gasteiger charge is 2.47. The Balaban J connectivity index is 0.928. The lowest BCUT2D eigenvalue weighted by molar-refractivity contribution is -0.139. The average molecular weight is 997 g/mol. The summed E-state index contributed by atoms with van der Waals surface area (Å²) in [5, 5.41) is 27.5. The number of carboxylic acid groups (broad SMARTS) is 2. The van der Waals surface area contributed by atoms with Crippen LogP contribution in [0.5, 0.6) is 5.75 Å². The van der Waals surface area contributed by atoms with Crippen LogP contribution in [-0.2, 0) is 24.9 Å². The summed E-state index contributed by atoms with van der Waals surface area (Å²) in [6.07, 6.45) is 2.55. The molecular weight excluding hydrogens is 944 g/mol. The lowest BCUT2D eigenvalue weighted by Crippen LogP contribution is -2.51. The third-order valence-electron chi connectivity index (χ3n) is 12.4. The Hall–Kier alpha value is -5.96. The zero-order valence-corrected chi connectivity index (χ0v) is 40.1. The van der Waals surface area contributed by atoms with E-state index in [-0.39, 0.29) is 58.9 Å². The monoisotopic (exact) mass is 995 g/mol. The predicted octanol–water partition coefficient (Wildman–Crippen LogP) is 8.22. The number of nitrogens with zero attached hydrogens (tertiary/aromatic N) is 4. The van der Waals surface area contributed by atoms with E-state index in [4.69, 9.17) is 21.4 Å². The number of carboxylic acids is 2. The maximum absolute atomic E-state index is 16.0. The molecule has 0 radical (unpaired) electrons. The number of piperidine rings is 3. The number of nitrogens with one attached hydrogen (secondary N) is 3. The zero-order chi connectivity index (χ0) is 49.1. The van der Waals surface area contributed by atoms with Crippen molar-refractivity contribution in [3.63, 3.8) is 0 Å². The lowest BCUT2D eigenvalue weighted by Gasteiger charge is -2.45. The van der Waals surface area contributed by atoms with Gasteiger partial charge in [-0.15, -0.1) is 11.3 Å². The van der Waals surface area contributed by atoms with E-state index >= 15 is 8.78 Å². The molecule has 3 fully saturated rings. The van der Waals surface area contributed by atoms with E-state index in [1.807, 2.05) is 36.4 Å². The fourth-order valence-electron chi connectivity index (χ4n) is 8.95. The predicted molar refractivity (Wildman–Crippen MR) is 258 cm³/mol. The van der Waals surface area contributed by atoms with Gasteiger partial charge in [0, 0.05) is 62.3 Å². The molecule has 3 aliphatic rings. The van der Waals surface area contributed by atoms with Crippen molar-refractivity contribution in [3.05, 3.63) is 87.8 Å². The molecule has 21 heteroatoms. The minimum Gasteiger partial charge on any atom is -0.479 e. The molecule has 4 heterocycles. The first kappa shape index (κ1) is 49.9. The van der Waals surface area contributed by atoms with Crippen LogP contribution in [-0.4, -0.2) is 119 Å².